The van der Waals surface area contributed by atoms with E-state index in [1.54, 1.807) is 0 Å². The van der Waals surface area contributed by atoms with E-state index < -0.39 is 0 Å². The Morgan fingerprint density at radius 2 is 2.00 bits per heavy atom. The van der Waals surface area contributed by atoms with Gasteiger partial charge in [-0.1, -0.05) is 30.0 Å². The van der Waals surface area contributed by atoms with Crippen molar-refractivity contribution in [1.29, 1.82) is 0 Å². The number of rotatable bonds is 3. The minimum Gasteiger partial charge on any atom is -0.189 e. The minimum atomic E-state index is 0.586. The number of thioether (sulfide) groups is 1. The van der Waals surface area contributed by atoms with Crippen LogP contribution in [0.4, 0.5) is 10.8 Å². The molecule has 0 bridgehead atoms. The van der Waals surface area contributed by atoms with Crippen LogP contribution in [0.2, 0.25) is 0 Å². The lowest BCUT2D eigenvalue weighted by Crippen LogP contribution is -1.68. The van der Waals surface area contributed by atoms with Crippen molar-refractivity contribution in [2.45, 2.75) is 5.16 Å². The van der Waals surface area contributed by atoms with Crippen molar-refractivity contribution in [3.63, 3.8) is 0 Å². The van der Waals surface area contributed by atoms with Crippen LogP contribution in [0.5, 0.6) is 0 Å². The first-order valence-electron chi connectivity index (χ1n) is 4.23. The minimum absolute atomic E-state index is 0.586. The molecule has 1 aromatic heterocycles. The highest BCUT2D eigenvalue weighted by molar-refractivity contribution is 7.98. The lowest BCUT2D eigenvalue weighted by molar-refractivity contribution is 1.06. The van der Waals surface area contributed by atoms with Crippen LogP contribution < -0.4 is 0 Å². The summed E-state index contributed by atoms with van der Waals surface area (Å²) in [6, 6.07) is 9.55. The standard InChI is InChI=1S/C9H8N4S2/c1-14-9-10-8(15-13-9)12-11-7-5-3-2-4-6-7/h2-6H,1H3. The Hall–Kier alpha value is -1.27. The smallest absolute Gasteiger partial charge is 0.189 e. The second-order valence-electron chi connectivity index (χ2n) is 2.60. The molecule has 2 aromatic rings. The van der Waals surface area contributed by atoms with E-state index in [1.807, 2.05) is 36.6 Å². The highest BCUT2D eigenvalue weighted by Gasteiger charge is 2.00. The van der Waals surface area contributed by atoms with Gasteiger partial charge in [0.2, 0.25) is 10.3 Å². The van der Waals surface area contributed by atoms with Crippen LogP contribution in [0.25, 0.3) is 0 Å². The van der Waals surface area contributed by atoms with E-state index in [0.29, 0.717) is 5.13 Å². The van der Waals surface area contributed by atoms with E-state index in [-0.39, 0.29) is 0 Å². The molecule has 0 saturated carbocycles. The van der Waals surface area contributed by atoms with Crippen LogP contribution in [-0.2, 0) is 0 Å². The summed E-state index contributed by atoms with van der Waals surface area (Å²) in [5.41, 5.74) is 0.818. The van der Waals surface area contributed by atoms with Gasteiger partial charge in [0.25, 0.3) is 0 Å². The third kappa shape index (κ3) is 2.84. The quantitative estimate of drug-likeness (QED) is 0.603. The molecule has 2 rings (SSSR count). The molecule has 4 nitrogen and oxygen atoms in total. The molecule has 0 radical (unpaired) electrons. The van der Waals surface area contributed by atoms with Gasteiger partial charge < -0.3 is 0 Å². The Labute approximate surface area is 95.6 Å². The topological polar surface area (TPSA) is 50.5 Å². The molecule has 0 aliphatic rings. The maximum atomic E-state index is 4.15. The normalized spacial score (nSPS) is 11.0. The molecule has 0 saturated heterocycles. The highest BCUT2D eigenvalue weighted by Crippen LogP contribution is 2.22. The second kappa shape index (κ2) is 4.99. The summed E-state index contributed by atoms with van der Waals surface area (Å²) >= 11 is 2.75. The van der Waals surface area contributed by atoms with Crippen LogP contribution in [-0.4, -0.2) is 15.6 Å². The van der Waals surface area contributed by atoms with E-state index in [0.717, 1.165) is 10.8 Å². The van der Waals surface area contributed by atoms with Crippen molar-refractivity contribution >= 4 is 34.1 Å². The fourth-order valence-corrected chi connectivity index (χ4v) is 1.97. The molecule has 0 fully saturated rings. The van der Waals surface area contributed by atoms with Crippen molar-refractivity contribution in [1.82, 2.24) is 9.36 Å². The number of aromatic nitrogens is 2. The van der Waals surface area contributed by atoms with Crippen molar-refractivity contribution in [2.24, 2.45) is 10.2 Å². The highest BCUT2D eigenvalue weighted by atomic mass is 32.2. The van der Waals surface area contributed by atoms with Crippen molar-refractivity contribution < 1.29 is 0 Å². The monoisotopic (exact) mass is 236 g/mol. The molecule has 0 aliphatic carbocycles. The second-order valence-corrected chi connectivity index (χ2v) is 4.10. The predicted octanol–water partition coefficient (Wildman–Crippen LogP) is 3.68. The SMILES string of the molecule is CSc1nsc(N=Nc2ccccc2)n1. The number of benzene rings is 1. The first-order chi connectivity index (χ1) is 7.38. The van der Waals surface area contributed by atoms with Gasteiger partial charge in [-0.2, -0.15) is 9.36 Å². The van der Waals surface area contributed by atoms with Crippen LogP contribution in [0.3, 0.4) is 0 Å². The molecular formula is C9H8N4S2. The molecule has 1 heterocycles. The summed E-state index contributed by atoms with van der Waals surface area (Å²) in [7, 11) is 0. The van der Waals surface area contributed by atoms with Gasteiger partial charge in [0.05, 0.1) is 5.69 Å². The lowest BCUT2D eigenvalue weighted by atomic mass is 10.3. The van der Waals surface area contributed by atoms with Crippen LogP contribution in [0.15, 0.2) is 45.7 Å². The first-order valence-corrected chi connectivity index (χ1v) is 6.23. The van der Waals surface area contributed by atoms with Gasteiger partial charge in [0.15, 0.2) is 0 Å². The Balaban J connectivity index is 2.11. The van der Waals surface area contributed by atoms with E-state index >= 15 is 0 Å². The zero-order valence-electron chi connectivity index (χ0n) is 7.99. The average molecular weight is 236 g/mol. The van der Waals surface area contributed by atoms with Gasteiger partial charge in [-0.3, -0.25) is 0 Å². The number of azo groups is 1. The Morgan fingerprint density at radius 1 is 1.20 bits per heavy atom. The number of hydrogen-bond acceptors (Lipinski definition) is 6. The maximum absolute atomic E-state index is 4.15. The average Bonchev–Trinajstić information content (AvgIpc) is 2.76. The summed E-state index contributed by atoms with van der Waals surface area (Å²) < 4.78 is 4.09. The first kappa shape index (κ1) is 10.3. The fourth-order valence-electron chi connectivity index (χ4n) is 0.921. The Kier molecular flexibility index (Phi) is 3.41. The van der Waals surface area contributed by atoms with Gasteiger partial charge in [-0.25, -0.2) is 0 Å². The summed E-state index contributed by atoms with van der Waals surface area (Å²) in [6.45, 7) is 0. The van der Waals surface area contributed by atoms with Gasteiger partial charge in [0.1, 0.15) is 0 Å². The molecule has 76 valence electrons. The maximum Gasteiger partial charge on any atom is 0.250 e. The van der Waals surface area contributed by atoms with E-state index in [2.05, 4.69) is 19.6 Å². The number of hydrogen-bond donors (Lipinski definition) is 0. The van der Waals surface area contributed by atoms with E-state index in [9.17, 15) is 0 Å². The van der Waals surface area contributed by atoms with E-state index in [1.165, 1.54) is 23.3 Å². The predicted molar refractivity (Wildman–Crippen MR) is 62.3 cm³/mol. The molecule has 0 N–H and O–H groups in total. The molecule has 15 heavy (non-hydrogen) atoms. The summed E-state index contributed by atoms with van der Waals surface area (Å²) in [4.78, 5) is 4.15. The van der Waals surface area contributed by atoms with Gasteiger partial charge in [-0.05, 0) is 18.4 Å². The van der Waals surface area contributed by atoms with Gasteiger partial charge >= 0.3 is 0 Å². The summed E-state index contributed by atoms with van der Waals surface area (Å²) in [5.74, 6) is 0. The molecule has 0 atom stereocenters. The fraction of sp³-hybridized carbons (Fsp3) is 0.111. The van der Waals surface area contributed by atoms with Crippen molar-refractivity contribution in [3.05, 3.63) is 30.3 Å². The molecule has 6 heteroatoms. The Morgan fingerprint density at radius 3 is 2.67 bits per heavy atom. The summed E-state index contributed by atoms with van der Waals surface area (Å²) in [5, 5.41) is 9.37. The zero-order valence-corrected chi connectivity index (χ0v) is 9.63. The molecule has 0 aliphatic heterocycles. The third-order valence-corrected chi connectivity index (χ3v) is 2.85. The van der Waals surface area contributed by atoms with Crippen LogP contribution in [0.1, 0.15) is 0 Å². The molecule has 0 spiro atoms. The van der Waals surface area contributed by atoms with Crippen LogP contribution in [0, 0.1) is 0 Å². The van der Waals surface area contributed by atoms with Gasteiger partial charge in [0, 0.05) is 11.5 Å². The van der Waals surface area contributed by atoms with Gasteiger partial charge in [-0.15, -0.1) is 10.2 Å². The lowest BCUT2D eigenvalue weighted by Gasteiger charge is -1.87. The molecule has 0 unspecified atom stereocenters. The zero-order chi connectivity index (χ0) is 10.5. The Bertz CT molecular complexity index is 452. The largest absolute Gasteiger partial charge is 0.250 e. The van der Waals surface area contributed by atoms with E-state index in [4.69, 9.17) is 0 Å². The molecular weight excluding hydrogens is 228 g/mol. The summed E-state index contributed by atoms with van der Waals surface area (Å²) in [6.07, 6.45) is 1.93. The van der Waals surface area contributed by atoms with Crippen LogP contribution >= 0.6 is 23.3 Å². The molecule has 1 aromatic carbocycles. The molecule has 0 amide bonds. The van der Waals surface area contributed by atoms with Crippen molar-refractivity contribution in [3.8, 4) is 0 Å². The van der Waals surface area contributed by atoms with Crippen molar-refractivity contribution in [2.75, 3.05) is 6.26 Å². The number of nitrogens with zero attached hydrogens (tertiary/aromatic N) is 4. The third-order valence-electron chi connectivity index (χ3n) is 1.59.